The summed E-state index contributed by atoms with van der Waals surface area (Å²) in [5, 5.41) is 0. The van der Waals surface area contributed by atoms with E-state index < -0.39 is 53.7 Å². The fourth-order valence-electron chi connectivity index (χ4n) is 2.27. The number of carbonyl (C=O) groups excluding carboxylic acids is 4. The van der Waals surface area contributed by atoms with Crippen LogP contribution >= 0.6 is 12.0 Å². The van der Waals surface area contributed by atoms with Gasteiger partial charge in [0.05, 0.1) is 0 Å². The largest absolute Gasteiger partial charge is 0.463 e. The Bertz CT molecular complexity index is 522. The SMILES string of the molecule is CC(=O)OC[C@H]1O[C@H](SO)[C@H](OC(C)=O)[C@@H](OC(C)=O)[C@@H]1OC(C)=O. The van der Waals surface area contributed by atoms with Gasteiger partial charge in [-0.3, -0.25) is 19.2 Å². The molecule has 0 bridgehead atoms. The summed E-state index contributed by atoms with van der Waals surface area (Å²) in [4.78, 5) is 45.2. The zero-order valence-corrected chi connectivity index (χ0v) is 14.9. The van der Waals surface area contributed by atoms with Crippen LogP contribution in [-0.4, -0.2) is 64.9 Å². The summed E-state index contributed by atoms with van der Waals surface area (Å²) in [6.45, 7) is 4.21. The summed E-state index contributed by atoms with van der Waals surface area (Å²) in [5.41, 5.74) is -1.15. The lowest BCUT2D eigenvalue weighted by Crippen LogP contribution is -2.61. The molecule has 0 spiro atoms. The standard InChI is InChI=1S/C14H20O10S/c1-6(15)20-5-10-11(21-7(2)16)12(22-8(3)17)13(23-9(4)18)14(24-10)25-19/h10-14,19H,5H2,1-4H3/t10-,11-,12+,13-,14-/m1/s1. The van der Waals surface area contributed by atoms with Gasteiger partial charge in [0.2, 0.25) is 0 Å². The summed E-state index contributed by atoms with van der Waals surface area (Å²) in [5.74, 6) is -2.77. The van der Waals surface area contributed by atoms with E-state index in [0.29, 0.717) is 0 Å². The predicted octanol–water partition coefficient (Wildman–Crippen LogP) is 0.276. The lowest BCUT2D eigenvalue weighted by molar-refractivity contribution is -0.238. The Kier molecular flexibility index (Phi) is 8.13. The average Bonchev–Trinajstić information content (AvgIpc) is 2.48. The smallest absolute Gasteiger partial charge is 0.303 e. The minimum Gasteiger partial charge on any atom is -0.463 e. The van der Waals surface area contributed by atoms with E-state index in [1.165, 1.54) is 6.92 Å². The molecule has 10 nitrogen and oxygen atoms in total. The van der Waals surface area contributed by atoms with Crippen LogP contribution in [0, 0.1) is 0 Å². The minimum absolute atomic E-state index is 0.214. The molecular weight excluding hydrogens is 360 g/mol. The van der Waals surface area contributed by atoms with Crippen molar-refractivity contribution in [3.63, 3.8) is 0 Å². The molecule has 0 radical (unpaired) electrons. The van der Waals surface area contributed by atoms with Gasteiger partial charge in [0.25, 0.3) is 0 Å². The predicted molar refractivity (Wildman–Crippen MR) is 82.2 cm³/mol. The van der Waals surface area contributed by atoms with E-state index in [9.17, 15) is 23.7 Å². The number of carbonyl (C=O) groups is 4. The lowest BCUT2D eigenvalue weighted by atomic mass is 9.99. The fourth-order valence-corrected chi connectivity index (χ4v) is 2.80. The maximum absolute atomic E-state index is 11.4. The Morgan fingerprint density at radius 3 is 1.76 bits per heavy atom. The van der Waals surface area contributed by atoms with Crippen molar-refractivity contribution in [3.05, 3.63) is 0 Å². The number of hydrogen-bond donors (Lipinski definition) is 1. The van der Waals surface area contributed by atoms with Gasteiger partial charge < -0.3 is 28.2 Å². The van der Waals surface area contributed by atoms with Crippen LogP contribution in [0.15, 0.2) is 0 Å². The molecule has 0 aromatic carbocycles. The van der Waals surface area contributed by atoms with Crippen LogP contribution in [0.1, 0.15) is 27.7 Å². The van der Waals surface area contributed by atoms with E-state index in [0.717, 1.165) is 20.8 Å². The van der Waals surface area contributed by atoms with E-state index in [4.69, 9.17) is 23.7 Å². The number of esters is 4. The molecule has 0 unspecified atom stereocenters. The van der Waals surface area contributed by atoms with Crippen molar-refractivity contribution < 1.29 is 47.4 Å². The molecule has 1 aliphatic rings. The highest BCUT2D eigenvalue weighted by atomic mass is 32.2. The van der Waals surface area contributed by atoms with Crippen molar-refractivity contribution in [2.75, 3.05) is 6.61 Å². The molecule has 1 heterocycles. The highest BCUT2D eigenvalue weighted by Crippen LogP contribution is 2.33. The maximum atomic E-state index is 11.4. The van der Waals surface area contributed by atoms with Crippen LogP contribution in [0.25, 0.3) is 0 Å². The molecule has 0 amide bonds. The number of hydrogen-bond acceptors (Lipinski definition) is 11. The van der Waals surface area contributed by atoms with Gasteiger partial charge in [0.15, 0.2) is 23.7 Å². The van der Waals surface area contributed by atoms with Gasteiger partial charge in [0.1, 0.15) is 12.7 Å². The van der Waals surface area contributed by atoms with Crippen LogP contribution in [-0.2, 0) is 42.9 Å². The topological polar surface area (TPSA) is 135 Å². The second-order valence-corrected chi connectivity index (χ2v) is 5.85. The molecule has 1 aliphatic heterocycles. The van der Waals surface area contributed by atoms with Crippen molar-refractivity contribution in [2.24, 2.45) is 0 Å². The summed E-state index contributed by atoms with van der Waals surface area (Å²) in [6.07, 6.45) is -4.76. The first-order valence-corrected chi connectivity index (χ1v) is 8.10. The molecule has 0 saturated carbocycles. The van der Waals surface area contributed by atoms with Crippen LogP contribution in [0.2, 0.25) is 0 Å². The molecule has 1 N–H and O–H groups in total. The van der Waals surface area contributed by atoms with E-state index >= 15 is 0 Å². The quantitative estimate of drug-likeness (QED) is 0.386. The average molecular weight is 380 g/mol. The molecule has 0 aromatic rings. The molecule has 1 rings (SSSR count). The summed E-state index contributed by atoms with van der Waals surface area (Å²) in [6, 6.07) is 0. The molecule has 25 heavy (non-hydrogen) atoms. The second-order valence-electron chi connectivity index (χ2n) is 5.17. The molecule has 142 valence electrons. The number of rotatable bonds is 6. The second kappa shape index (κ2) is 9.59. The van der Waals surface area contributed by atoms with E-state index in [1.807, 2.05) is 0 Å². The van der Waals surface area contributed by atoms with Crippen molar-refractivity contribution in [1.82, 2.24) is 0 Å². The lowest BCUT2D eigenvalue weighted by Gasteiger charge is -2.43. The molecule has 0 aliphatic carbocycles. The van der Waals surface area contributed by atoms with Gasteiger partial charge >= 0.3 is 23.9 Å². The Morgan fingerprint density at radius 2 is 1.32 bits per heavy atom. The summed E-state index contributed by atoms with van der Waals surface area (Å²) in [7, 11) is 0. The molecule has 0 aromatic heterocycles. The van der Waals surface area contributed by atoms with Gasteiger partial charge in [-0.15, -0.1) is 0 Å². The molecule has 1 saturated heterocycles. The van der Waals surface area contributed by atoms with Crippen LogP contribution in [0.4, 0.5) is 0 Å². The van der Waals surface area contributed by atoms with Crippen molar-refractivity contribution in [1.29, 1.82) is 0 Å². The monoisotopic (exact) mass is 380 g/mol. The first kappa shape index (κ1) is 21.2. The van der Waals surface area contributed by atoms with E-state index in [1.54, 1.807) is 0 Å². The Morgan fingerprint density at radius 1 is 0.840 bits per heavy atom. The first-order valence-electron chi connectivity index (χ1n) is 7.26. The third-order valence-corrected chi connectivity index (χ3v) is 3.64. The van der Waals surface area contributed by atoms with Crippen LogP contribution < -0.4 is 0 Å². The Labute approximate surface area is 148 Å². The Balaban J connectivity index is 3.18. The first-order chi connectivity index (χ1) is 11.6. The van der Waals surface area contributed by atoms with Gasteiger partial charge in [-0.25, -0.2) is 0 Å². The molecule has 1 fully saturated rings. The van der Waals surface area contributed by atoms with Gasteiger partial charge in [0, 0.05) is 39.7 Å². The molecule has 5 atom stereocenters. The number of ether oxygens (including phenoxy) is 5. The van der Waals surface area contributed by atoms with Crippen molar-refractivity contribution >= 4 is 35.9 Å². The normalized spacial score (nSPS) is 28.6. The minimum atomic E-state index is -1.26. The highest BCUT2D eigenvalue weighted by Gasteiger charge is 2.52. The molecule has 11 heteroatoms. The third-order valence-electron chi connectivity index (χ3n) is 3.05. The van der Waals surface area contributed by atoms with Gasteiger partial charge in [-0.1, -0.05) is 0 Å². The van der Waals surface area contributed by atoms with Gasteiger partial charge in [-0.05, 0) is 0 Å². The van der Waals surface area contributed by atoms with Crippen molar-refractivity contribution in [2.45, 2.75) is 57.5 Å². The van der Waals surface area contributed by atoms with E-state index in [2.05, 4.69) is 0 Å². The fraction of sp³-hybridized carbons (Fsp3) is 0.714. The Hall–Kier alpha value is -1.85. The van der Waals surface area contributed by atoms with Gasteiger partial charge in [-0.2, -0.15) is 0 Å². The zero-order chi connectivity index (χ0) is 19.1. The van der Waals surface area contributed by atoms with Crippen molar-refractivity contribution in [3.8, 4) is 0 Å². The maximum Gasteiger partial charge on any atom is 0.303 e. The van der Waals surface area contributed by atoms with E-state index in [-0.39, 0.29) is 18.6 Å². The van der Waals surface area contributed by atoms with Crippen LogP contribution in [0.3, 0.4) is 0 Å². The summed E-state index contributed by atoms with van der Waals surface area (Å²) >= 11 is 0.214. The highest BCUT2D eigenvalue weighted by molar-refractivity contribution is 7.94. The zero-order valence-electron chi connectivity index (χ0n) is 14.1. The van der Waals surface area contributed by atoms with Crippen LogP contribution in [0.5, 0.6) is 0 Å². The summed E-state index contributed by atoms with van der Waals surface area (Å²) < 4.78 is 35.2. The molecular formula is C14H20O10S. The third kappa shape index (κ3) is 6.52.